The Balaban J connectivity index is 1.44. The van der Waals surface area contributed by atoms with Gasteiger partial charge < -0.3 is 14.4 Å². The minimum Gasteiger partial charge on any atom is -0.490 e. The van der Waals surface area contributed by atoms with Gasteiger partial charge in [0.05, 0.1) is 23.6 Å². The van der Waals surface area contributed by atoms with Crippen LogP contribution in [0.4, 0.5) is 5.69 Å². The second kappa shape index (κ2) is 12.3. The number of nitrogens with zero attached hydrogens (tertiary/aromatic N) is 1. The Morgan fingerprint density at radius 3 is 2.70 bits per heavy atom. The van der Waals surface area contributed by atoms with Crippen LogP contribution in [-0.2, 0) is 26.6 Å². The SMILES string of the molecule is CO[C@H]1/C=C\C[C@H](C)[C@H](C(C)C)S(=O)(=O)NC(=O)c2ccc3c(c2)N(C[C@@H]2CC[C@H]21)C[C@@]1(CCCc2cc(Cl)ccc21)CO3. The molecule has 0 aromatic heterocycles. The zero-order valence-electron chi connectivity index (χ0n) is 26.2. The Morgan fingerprint density at radius 2 is 1.98 bits per heavy atom. The first-order valence-electron chi connectivity index (χ1n) is 16.1. The molecule has 0 saturated heterocycles. The van der Waals surface area contributed by atoms with Gasteiger partial charge in [-0.25, -0.2) is 13.1 Å². The van der Waals surface area contributed by atoms with Gasteiger partial charge in [-0.1, -0.05) is 50.6 Å². The molecule has 2 aliphatic carbocycles. The van der Waals surface area contributed by atoms with Crippen molar-refractivity contribution < 1.29 is 22.7 Å². The number of hydrogen-bond donors (Lipinski definition) is 1. The van der Waals surface area contributed by atoms with E-state index in [0.29, 0.717) is 30.4 Å². The summed E-state index contributed by atoms with van der Waals surface area (Å²) in [6, 6.07) is 11.6. The topological polar surface area (TPSA) is 84.9 Å². The normalized spacial score (nSPS) is 32.5. The van der Waals surface area contributed by atoms with Gasteiger partial charge in [-0.2, -0.15) is 0 Å². The Kier molecular flexibility index (Phi) is 8.81. The summed E-state index contributed by atoms with van der Waals surface area (Å²) in [4.78, 5) is 16.0. The molecule has 2 bridgehead atoms. The van der Waals surface area contributed by atoms with Crippen molar-refractivity contribution in [2.45, 2.75) is 76.1 Å². The lowest BCUT2D eigenvalue weighted by Gasteiger charge is -2.46. The third-order valence-electron chi connectivity index (χ3n) is 10.6. The van der Waals surface area contributed by atoms with Crippen molar-refractivity contribution in [2.75, 3.05) is 31.7 Å². The lowest BCUT2D eigenvalue weighted by atomic mass is 9.68. The van der Waals surface area contributed by atoms with Crippen LogP contribution < -0.4 is 14.4 Å². The Bertz CT molecular complexity index is 1540. The van der Waals surface area contributed by atoms with E-state index in [1.165, 1.54) is 11.1 Å². The van der Waals surface area contributed by atoms with Gasteiger partial charge in [0, 0.05) is 36.2 Å². The molecule has 44 heavy (non-hydrogen) atoms. The number of hydrogen-bond acceptors (Lipinski definition) is 6. The molecular formula is C35H45ClN2O5S. The van der Waals surface area contributed by atoms with Gasteiger partial charge in [-0.15, -0.1) is 0 Å². The quantitative estimate of drug-likeness (QED) is 0.376. The average molecular weight is 641 g/mol. The van der Waals surface area contributed by atoms with Crippen molar-refractivity contribution in [3.63, 3.8) is 0 Å². The molecule has 2 aromatic rings. The van der Waals surface area contributed by atoms with Crippen molar-refractivity contribution in [1.82, 2.24) is 4.72 Å². The smallest absolute Gasteiger partial charge is 0.264 e. The summed E-state index contributed by atoms with van der Waals surface area (Å²) in [7, 11) is -2.18. The maximum atomic E-state index is 13.6. The first-order valence-corrected chi connectivity index (χ1v) is 18.0. The summed E-state index contributed by atoms with van der Waals surface area (Å²) in [5, 5.41) is 0.0289. The number of allylic oxidation sites excluding steroid dienone is 1. The number of nitrogens with one attached hydrogen (secondary N) is 1. The molecule has 1 amide bonds. The molecule has 1 fully saturated rings. The second-order valence-electron chi connectivity index (χ2n) is 13.8. The second-order valence-corrected chi connectivity index (χ2v) is 16.1. The van der Waals surface area contributed by atoms with Crippen LogP contribution in [0.25, 0.3) is 0 Å². The van der Waals surface area contributed by atoms with Crippen LogP contribution in [0.2, 0.25) is 5.02 Å². The number of halogens is 1. The fourth-order valence-electron chi connectivity index (χ4n) is 8.33. The van der Waals surface area contributed by atoms with Crippen LogP contribution in [0.3, 0.4) is 0 Å². The van der Waals surface area contributed by atoms with E-state index in [2.05, 4.69) is 33.9 Å². The minimum absolute atomic E-state index is 0.0387. The average Bonchev–Trinajstić information content (AvgIpc) is 3.10. The van der Waals surface area contributed by atoms with E-state index in [4.69, 9.17) is 21.1 Å². The number of carbonyl (C=O) groups is 1. The van der Waals surface area contributed by atoms with E-state index in [0.717, 1.165) is 61.7 Å². The predicted molar refractivity (Wildman–Crippen MR) is 175 cm³/mol. The molecule has 0 unspecified atom stereocenters. The molecule has 1 saturated carbocycles. The number of anilines is 1. The molecule has 0 radical (unpaired) electrons. The van der Waals surface area contributed by atoms with Crippen molar-refractivity contribution in [2.24, 2.45) is 23.7 Å². The molecule has 6 rings (SSSR count). The van der Waals surface area contributed by atoms with Gasteiger partial charge in [0.15, 0.2) is 0 Å². The van der Waals surface area contributed by atoms with Crippen LogP contribution in [0.15, 0.2) is 48.6 Å². The molecule has 1 N–H and O–H groups in total. The molecule has 7 nitrogen and oxygen atoms in total. The number of amides is 1. The third kappa shape index (κ3) is 5.90. The van der Waals surface area contributed by atoms with Gasteiger partial charge in [-0.05, 0) is 104 Å². The van der Waals surface area contributed by atoms with Crippen LogP contribution in [0.5, 0.6) is 5.75 Å². The van der Waals surface area contributed by atoms with Crippen LogP contribution in [0, 0.1) is 23.7 Å². The van der Waals surface area contributed by atoms with E-state index in [9.17, 15) is 13.2 Å². The minimum atomic E-state index is -3.95. The van der Waals surface area contributed by atoms with Crippen molar-refractivity contribution in [1.29, 1.82) is 0 Å². The summed E-state index contributed by atoms with van der Waals surface area (Å²) in [5.41, 5.74) is 3.48. The zero-order valence-corrected chi connectivity index (χ0v) is 27.8. The number of aryl methyl sites for hydroxylation is 1. The van der Waals surface area contributed by atoms with E-state index < -0.39 is 21.2 Å². The number of benzene rings is 2. The lowest BCUT2D eigenvalue weighted by Crippen LogP contribution is -2.49. The largest absolute Gasteiger partial charge is 0.490 e. The standard InChI is InChI=1S/C35H45ClN2O5S/c1-22(2)33-23(3)7-5-9-31(42-4)28-13-10-26(28)19-38-20-35(16-6-8-24-17-27(36)12-14-29(24)35)21-43-32-15-11-25(18-30(32)38)34(39)37-44(33,40)41/h5,9,11-12,14-15,17-18,22-23,26,28,31,33H,6-8,10,13,16,19-21H2,1-4H3,(H,37,39)/b9-5-/t23-,26-,28+,31-,33-,35-/m0/s1. The van der Waals surface area contributed by atoms with Crippen LogP contribution in [-0.4, -0.2) is 52.5 Å². The van der Waals surface area contributed by atoms with Crippen molar-refractivity contribution in [3.05, 3.63) is 70.3 Å². The molecule has 2 aliphatic heterocycles. The number of ether oxygens (including phenoxy) is 2. The Hall–Kier alpha value is -2.55. The number of fused-ring (bicyclic) bond motifs is 4. The first kappa shape index (κ1) is 31.4. The number of rotatable bonds is 2. The van der Waals surface area contributed by atoms with E-state index >= 15 is 0 Å². The third-order valence-corrected chi connectivity index (χ3v) is 13.0. The van der Waals surface area contributed by atoms with Gasteiger partial charge >= 0.3 is 0 Å². The predicted octanol–water partition coefficient (Wildman–Crippen LogP) is 6.53. The van der Waals surface area contributed by atoms with Gasteiger partial charge in [0.1, 0.15) is 5.75 Å². The molecule has 9 heteroatoms. The van der Waals surface area contributed by atoms with E-state index in [1.54, 1.807) is 13.2 Å². The summed E-state index contributed by atoms with van der Waals surface area (Å²) in [6.45, 7) is 7.80. The van der Waals surface area contributed by atoms with Gasteiger partial charge in [0.2, 0.25) is 10.0 Å². The molecule has 1 spiro atoms. The van der Waals surface area contributed by atoms with Gasteiger partial charge in [-0.3, -0.25) is 4.79 Å². The summed E-state index contributed by atoms with van der Waals surface area (Å²) in [6.07, 6.45) is 9.97. The molecule has 2 heterocycles. The summed E-state index contributed by atoms with van der Waals surface area (Å²) < 4.78 is 42.3. The number of carbonyl (C=O) groups excluding carboxylic acids is 1. The highest BCUT2D eigenvalue weighted by Crippen LogP contribution is 2.47. The number of methoxy groups -OCH3 is 1. The molecular weight excluding hydrogens is 596 g/mol. The Morgan fingerprint density at radius 1 is 1.16 bits per heavy atom. The van der Waals surface area contributed by atoms with E-state index in [1.807, 2.05) is 39.0 Å². The van der Waals surface area contributed by atoms with Crippen LogP contribution >= 0.6 is 11.6 Å². The fourth-order valence-corrected chi connectivity index (χ4v) is 10.5. The molecule has 4 aliphatic rings. The molecule has 2 aromatic carbocycles. The summed E-state index contributed by atoms with van der Waals surface area (Å²) >= 11 is 6.42. The molecule has 238 valence electrons. The highest BCUT2D eigenvalue weighted by atomic mass is 35.5. The monoisotopic (exact) mass is 640 g/mol. The first-order chi connectivity index (χ1) is 21.0. The van der Waals surface area contributed by atoms with E-state index in [-0.39, 0.29) is 23.4 Å². The number of sulfonamides is 1. The molecule has 6 atom stereocenters. The maximum Gasteiger partial charge on any atom is 0.264 e. The Labute approximate surface area is 267 Å². The highest BCUT2D eigenvalue weighted by molar-refractivity contribution is 7.90. The summed E-state index contributed by atoms with van der Waals surface area (Å²) in [5.74, 6) is 0.530. The maximum absolute atomic E-state index is 13.6. The van der Waals surface area contributed by atoms with Crippen molar-refractivity contribution >= 4 is 33.2 Å². The van der Waals surface area contributed by atoms with Crippen LogP contribution in [0.1, 0.15) is 74.4 Å². The van der Waals surface area contributed by atoms with Crippen molar-refractivity contribution in [3.8, 4) is 5.75 Å². The van der Waals surface area contributed by atoms with Gasteiger partial charge in [0.25, 0.3) is 5.91 Å². The highest BCUT2D eigenvalue weighted by Gasteiger charge is 2.44. The lowest BCUT2D eigenvalue weighted by molar-refractivity contribution is 0.0131. The fraction of sp³-hybridized carbons (Fsp3) is 0.571. The zero-order chi connectivity index (χ0) is 31.2.